The van der Waals surface area contributed by atoms with E-state index >= 15 is 0 Å². The van der Waals surface area contributed by atoms with E-state index in [9.17, 15) is 14.4 Å². The summed E-state index contributed by atoms with van der Waals surface area (Å²) < 4.78 is 5.23. The van der Waals surface area contributed by atoms with Gasteiger partial charge in [-0.3, -0.25) is 14.4 Å². The van der Waals surface area contributed by atoms with Crippen molar-refractivity contribution in [2.45, 2.75) is 12.8 Å². The van der Waals surface area contributed by atoms with Crippen LogP contribution in [0.15, 0.2) is 42.5 Å². The number of amides is 2. The van der Waals surface area contributed by atoms with Crippen molar-refractivity contribution in [2.24, 2.45) is 0 Å². The van der Waals surface area contributed by atoms with Crippen LogP contribution >= 0.6 is 11.6 Å². The number of benzene rings is 2. The molecular weight excluding hydrogens is 368 g/mol. The quantitative estimate of drug-likeness (QED) is 0.734. The predicted octanol–water partition coefficient (Wildman–Crippen LogP) is 3.65. The Labute approximate surface area is 163 Å². The van der Waals surface area contributed by atoms with Gasteiger partial charge in [0.1, 0.15) is 5.75 Å². The highest BCUT2D eigenvalue weighted by molar-refractivity contribution is 6.30. The zero-order chi connectivity index (χ0) is 20.0. The number of rotatable bonds is 7. The lowest BCUT2D eigenvalue weighted by Crippen LogP contribution is -2.22. The van der Waals surface area contributed by atoms with Gasteiger partial charge in [-0.15, -0.1) is 0 Å². The van der Waals surface area contributed by atoms with E-state index in [4.69, 9.17) is 16.3 Å². The van der Waals surface area contributed by atoms with Crippen molar-refractivity contribution in [3.63, 3.8) is 0 Å². The number of nitrogens with one attached hydrogen (secondary N) is 1. The standard InChI is InChI=1S/C20H21ClN2O4/c1-23(2)20(26)14-6-10-18(27-3)16(12-14)22-19(25)11-9-17(24)13-4-7-15(21)8-5-13/h4-8,10,12H,9,11H2,1-3H3,(H,22,25). The van der Waals surface area contributed by atoms with E-state index < -0.39 is 0 Å². The van der Waals surface area contributed by atoms with Gasteiger partial charge < -0.3 is 15.0 Å². The number of halogens is 1. The summed E-state index contributed by atoms with van der Waals surface area (Å²) in [4.78, 5) is 37.9. The molecule has 0 spiro atoms. The average molecular weight is 389 g/mol. The molecule has 0 heterocycles. The van der Waals surface area contributed by atoms with E-state index in [-0.39, 0.29) is 30.4 Å². The zero-order valence-electron chi connectivity index (χ0n) is 15.4. The molecule has 0 aliphatic rings. The number of hydrogen-bond donors (Lipinski definition) is 1. The third-order valence-electron chi connectivity index (χ3n) is 3.87. The Morgan fingerprint density at radius 3 is 2.22 bits per heavy atom. The first-order valence-electron chi connectivity index (χ1n) is 8.30. The van der Waals surface area contributed by atoms with Crippen LogP contribution < -0.4 is 10.1 Å². The fourth-order valence-corrected chi connectivity index (χ4v) is 2.54. The van der Waals surface area contributed by atoms with Gasteiger partial charge in [0, 0.05) is 43.1 Å². The molecule has 0 atom stereocenters. The van der Waals surface area contributed by atoms with Crippen molar-refractivity contribution in [3.8, 4) is 5.75 Å². The summed E-state index contributed by atoms with van der Waals surface area (Å²) in [6.07, 6.45) is 0.0720. The van der Waals surface area contributed by atoms with Crippen molar-refractivity contribution in [1.29, 1.82) is 0 Å². The second-order valence-corrected chi connectivity index (χ2v) is 6.53. The molecule has 0 bridgehead atoms. The molecule has 0 saturated heterocycles. The van der Waals surface area contributed by atoms with Gasteiger partial charge in [0.05, 0.1) is 12.8 Å². The molecule has 2 aromatic rings. The minimum absolute atomic E-state index is 0.0104. The number of carbonyl (C=O) groups excluding carboxylic acids is 3. The predicted molar refractivity (Wildman–Crippen MR) is 105 cm³/mol. The molecule has 2 aromatic carbocycles. The van der Waals surface area contributed by atoms with Crippen LogP contribution in [0.25, 0.3) is 0 Å². The van der Waals surface area contributed by atoms with Crippen molar-refractivity contribution < 1.29 is 19.1 Å². The van der Waals surface area contributed by atoms with Crippen molar-refractivity contribution in [3.05, 3.63) is 58.6 Å². The molecule has 0 aliphatic carbocycles. The monoisotopic (exact) mass is 388 g/mol. The normalized spacial score (nSPS) is 10.2. The Morgan fingerprint density at radius 1 is 1.00 bits per heavy atom. The molecule has 0 fully saturated rings. The summed E-state index contributed by atoms with van der Waals surface area (Å²) in [5.74, 6) is -0.246. The lowest BCUT2D eigenvalue weighted by atomic mass is 10.1. The van der Waals surface area contributed by atoms with E-state index in [0.717, 1.165) is 0 Å². The fraction of sp³-hybridized carbons (Fsp3) is 0.250. The summed E-state index contributed by atoms with van der Waals surface area (Å²) in [6.45, 7) is 0. The maximum absolute atomic E-state index is 12.3. The van der Waals surface area contributed by atoms with Crippen molar-refractivity contribution >= 4 is 34.9 Å². The van der Waals surface area contributed by atoms with Crippen molar-refractivity contribution in [1.82, 2.24) is 4.90 Å². The summed E-state index contributed by atoms with van der Waals surface area (Å²) in [6, 6.07) is 11.3. The lowest BCUT2D eigenvalue weighted by molar-refractivity contribution is -0.116. The molecule has 7 heteroatoms. The first-order valence-corrected chi connectivity index (χ1v) is 8.68. The number of methoxy groups -OCH3 is 1. The minimum atomic E-state index is -0.343. The van der Waals surface area contributed by atoms with Gasteiger partial charge in [0.25, 0.3) is 5.91 Å². The number of hydrogen-bond acceptors (Lipinski definition) is 4. The molecule has 2 rings (SSSR count). The number of anilines is 1. The molecule has 6 nitrogen and oxygen atoms in total. The van der Waals surface area contributed by atoms with Gasteiger partial charge in [0.15, 0.2) is 5.78 Å². The van der Waals surface area contributed by atoms with Crippen LogP contribution in [0.3, 0.4) is 0 Å². The van der Waals surface area contributed by atoms with Gasteiger partial charge in [-0.25, -0.2) is 0 Å². The second kappa shape index (κ2) is 9.19. The van der Waals surface area contributed by atoms with Gasteiger partial charge in [-0.1, -0.05) is 11.6 Å². The molecule has 0 radical (unpaired) electrons. The van der Waals surface area contributed by atoms with E-state index in [1.165, 1.54) is 12.0 Å². The Balaban J connectivity index is 2.03. The van der Waals surface area contributed by atoms with Gasteiger partial charge in [0.2, 0.25) is 5.91 Å². The minimum Gasteiger partial charge on any atom is -0.495 e. The number of Topliss-reactive ketones (excluding diaryl/α,β-unsaturated/α-hetero) is 1. The lowest BCUT2D eigenvalue weighted by Gasteiger charge is -2.14. The highest BCUT2D eigenvalue weighted by Crippen LogP contribution is 2.26. The molecule has 0 unspecified atom stereocenters. The van der Waals surface area contributed by atoms with E-state index in [0.29, 0.717) is 27.6 Å². The molecule has 2 amide bonds. The summed E-state index contributed by atoms with van der Waals surface area (Å²) in [7, 11) is 4.77. The SMILES string of the molecule is COc1ccc(C(=O)N(C)C)cc1NC(=O)CCC(=O)c1ccc(Cl)cc1. The van der Waals surface area contributed by atoms with Gasteiger partial charge in [-0.2, -0.15) is 0 Å². The third kappa shape index (κ3) is 5.56. The molecule has 142 valence electrons. The Bertz CT molecular complexity index is 848. The van der Waals surface area contributed by atoms with Gasteiger partial charge >= 0.3 is 0 Å². The van der Waals surface area contributed by atoms with E-state index in [1.807, 2.05) is 0 Å². The third-order valence-corrected chi connectivity index (χ3v) is 4.12. The fourth-order valence-electron chi connectivity index (χ4n) is 2.42. The second-order valence-electron chi connectivity index (χ2n) is 6.09. The van der Waals surface area contributed by atoms with Crippen LogP contribution in [0.2, 0.25) is 5.02 Å². The Morgan fingerprint density at radius 2 is 1.63 bits per heavy atom. The first kappa shape index (κ1) is 20.5. The van der Waals surface area contributed by atoms with Crippen molar-refractivity contribution in [2.75, 3.05) is 26.5 Å². The highest BCUT2D eigenvalue weighted by atomic mass is 35.5. The largest absolute Gasteiger partial charge is 0.495 e. The number of ether oxygens (including phenoxy) is 1. The maximum Gasteiger partial charge on any atom is 0.253 e. The molecule has 0 aliphatic heterocycles. The maximum atomic E-state index is 12.3. The summed E-state index contributed by atoms with van der Waals surface area (Å²) in [5, 5.41) is 3.25. The molecule has 0 aromatic heterocycles. The smallest absolute Gasteiger partial charge is 0.253 e. The summed E-state index contributed by atoms with van der Waals surface area (Å²) in [5.41, 5.74) is 1.31. The van der Waals surface area contributed by atoms with Crippen LogP contribution in [0, 0.1) is 0 Å². The molecule has 0 saturated carbocycles. The number of nitrogens with zero attached hydrogens (tertiary/aromatic N) is 1. The zero-order valence-corrected chi connectivity index (χ0v) is 16.2. The Kier molecular flexibility index (Phi) is 6.96. The van der Waals surface area contributed by atoms with Crippen LogP contribution in [-0.4, -0.2) is 43.7 Å². The number of ketones is 1. The van der Waals surface area contributed by atoms with Crippen LogP contribution in [0.1, 0.15) is 33.6 Å². The van der Waals surface area contributed by atoms with Gasteiger partial charge in [-0.05, 0) is 42.5 Å². The van der Waals surface area contributed by atoms with E-state index in [2.05, 4.69) is 5.32 Å². The average Bonchev–Trinajstić information content (AvgIpc) is 2.65. The molecular formula is C20H21ClN2O4. The first-order chi connectivity index (χ1) is 12.8. The number of carbonyl (C=O) groups is 3. The summed E-state index contributed by atoms with van der Waals surface area (Å²) >= 11 is 5.80. The van der Waals surface area contributed by atoms with E-state index in [1.54, 1.807) is 56.6 Å². The molecule has 1 N–H and O–H groups in total. The Hall–Kier alpha value is -2.86. The topological polar surface area (TPSA) is 75.7 Å². The van der Waals surface area contributed by atoms with Crippen LogP contribution in [-0.2, 0) is 4.79 Å². The van der Waals surface area contributed by atoms with Crippen LogP contribution in [0.4, 0.5) is 5.69 Å². The van der Waals surface area contributed by atoms with Crippen LogP contribution in [0.5, 0.6) is 5.75 Å². The molecule has 27 heavy (non-hydrogen) atoms. The highest BCUT2D eigenvalue weighted by Gasteiger charge is 2.15.